The van der Waals surface area contributed by atoms with Gasteiger partial charge in [0.1, 0.15) is 0 Å². The largest absolute Gasteiger partial charge is 0.396 e. The molecule has 0 unspecified atom stereocenters. The van der Waals surface area contributed by atoms with Crippen LogP contribution in [0.5, 0.6) is 0 Å². The summed E-state index contributed by atoms with van der Waals surface area (Å²) in [6.45, 7) is 8.39. The van der Waals surface area contributed by atoms with Gasteiger partial charge in [0.25, 0.3) is 0 Å². The lowest BCUT2D eigenvalue weighted by Crippen LogP contribution is -2.52. The predicted molar refractivity (Wildman–Crippen MR) is 73.4 cm³/mol. The number of carbonyl (C=O) groups is 1. The third-order valence-corrected chi connectivity index (χ3v) is 3.98. The molecule has 4 nitrogen and oxygen atoms in total. The zero-order valence-corrected chi connectivity index (χ0v) is 12.1. The molecule has 1 rings (SSSR count). The van der Waals surface area contributed by atoms with E-state index in [0.29, 0.717) is 12.3 Å². The maximum atomic E-state index is 11.9. The van der Waals surface area contributed by atoms with E-state index in [1.807, 2.05) is 0 Å². The van der Waals surface area contributed by atoms with Gasteiger partial charge >= 0.3 is 6.03 Å². The van der Waals surface area contributed by atoms with Crippen LogP contribution in [-0.2, 0) is 0 Å². The molecule has 0 aromatic rings. The Labute approximate surface area is 111 Å². The Hall–Kier alpha value is -0.770. The molecule has 0 bridgehead atoms. The van der Waals surface area contributed by atoms with Gasteiger partial charge in [-0.1, -0.05) is 27.2 Å². The van der Waals surface area contributed by atoms with Crippen molar-refractivity contribution >= 4 is 6.03 Å². The molecule has 1 saturated carbocycles. The maximum absolute atomic E-state index is 11.9. The third-order valence-electron chi connectivity index (χ3n) is 3.98. The first-order valence-electron chi connectivity index (χ1n) is 7.02. The Balaban J connectivity index is 2.40. The van der Waals surface area contributed by atoms with Gasteiger partial charge in [-0.2, -0.15) is 0 Å². The van der Waals surface area contributed by atoms with Gasteiger partial charge in [-0.25, -0.2) is 4.79 Å². The molecule has 0 spiro atoms. The Kier molecular flexibility index (Phi) is 5.45. The van der Waals surface area contributed by atoms with Crippen LogP contribution in [0.1, 0.15) is 53.4 Å². The van der Waals surface area contributed by atoms with Crippen molar-refractivity contribution < 1.29 is 9.90 Å². The van der Waals surface area contributed by atoms with Crippen LogP contribution in [0.25, 0.3) is 0 Å². The normalized spacial score (nSPS) is 19.8. The van der Waals surface area contributed by atoms with E-state index >= 15 is 0 Å². The van der Waals surface area contributed by atoms with Gasteiger partial charge in [0.15, 0.2) is 0 Å². The van der Waals surface area contributed by atoms with Crippen LogP contribution in [-0.4, -0.2) is 29.8 Å². The van der Waals surface area contributed by atoms with Gasteiger partial charge in [-0.3, -0.25) is 0 Å². The minimum atomic E-state index is -0.109. The number of aliphatic hydroxyl groups excluding tert-OH is 1. The van der Waals surface area contributed by atoms with E-state index in [1.54, 1.807) is 0 Å². The molecule has 106 valence electrons. The topological polar surface area (TPSA) is 61.4 Å². The van der Waals surface area contributed by atoms with Crippen molar-refractivity contribution in [2.45, 2.75) is 65.5 Å². The van der Waals surface area contributed by atoms with E-state index in [1.165, 1.54) is 19.3 Å². The summed E-state index contributed by atoms with van der Waals surface area (Å²) in [4.78, 5) is 11.9. The summed E-state index contributed by atoms with van der Waals surface area (Å²) in [7, 11) is 0. The van der Waals surface area contributed by atoms with Gasteiger partial charge in [0.05, 0.1) is 0 Å². The lowest BCUT2D eigenvalue weighted by atomic mass is 9.80. The fourth-order valence-corrected chi connectivity index (χ4v) is 2.32. The number of carbonyl (C=O) groups excluding carboxylic acids is 1. The molecule has 18 heavy (non-hydrogen) atoms. The number of hydrogen-bond acceptors (Lipinski definition) is 2. The first-order chi connectivity index (χ1) is 8.34. The van der Waals surface area contributed by atoms with E-state index in [-0.39, 0.29) is 30.1 Å². The molecule has 0 heterocycles. The predicted octanol–water partition coefficient (Wildman–Crippen LogP) is 2.27. The minimum absolute atomic E-state index is 0.00362. The van der Waals surface area contributed by atoms with E-state index in [0.717, 1.165) is 0 Å². The van der Waals surface area contributed by atoms with Crippen molar-refractivity contribution in [3.63, 3.8) is 0 Å². The lowest BCUT2D eigenvalue weighted by Gasteiger charge is -2.34. The summed E-state index contributed by atoms with van der Waals surface area (Å²) in [5, 5.41) is 15.1. The van der Waals surface area contributed by atoms with Gasteiger partial charge in [-0.05, 0) is 37.5 Å². The number of urea groups is 1. The summed E-state index contributed by atoms with van der Waals surface area (Å²) in [5.74, 6) is 0.640. The Bertz CT molecular complexity index is 269. The number of nitrogens with one attached hydrogen (secondary N) is 2. The summed E-state index contributed by atoms with van der Waals surface area (Å²) >= 11 is 0. The van der Waals surface area contributed by atoms with Crippen molar-refractivity contribution in [3.05, 3.63) is 0 Å². The van der Waals surface area contributed by atoms with E-state index in [2.05, 4.69) is 38.3 Å². The SMILES string of the molecule is C[C@@H](NC(=O)N[C@H](CCO)C(C)(C)C)C1CCC1. The van der Waals surface area contributed by atoms with Crippen LogP contribution < -0.4 is 10.6 Å². The Morgan fingerprint density at radius 3 is 2.33 bits per heavy atom. The molecule has 0 aliphatic heterocycles. The maximum Gasteiger partial charge on any atom is 0.315 e. The molecular formula is C14H28N2O2. The number of amides is 2. The van der Waals surface area contributed by atoms with Crippen molar-refractivity contribution in [3.8, 4) is 0 Å². The standard InChI is InChI=1S/C14H28N2O2/c1-10(11-6-5-7-11)15-13(18)16-12(8-9-17)14(2,3)4/h10-12,17H,5-9H2,1-4H3,(H2,15,16,18)/t10-,12-/m1/s1. The lowest BCUT2D eigenvalue weighted by molar-refractivity contribution is 0.180. The summed E-state index contributed by atoms with van der Waals surface area (Å²) in [6.07, 6.45) is 4.32. The molecule has 1 fully saturated rings. The van der Waals surface area contributed by atoms with Crippen molar-refractivity contribution in [2.75, 3.05) is 6.61 Å². The van der Waals surface area contributed by atoms with Gasteiger partial charge in [-0.15, -0.1) is 0 Å². The molecule has 2 amide bonds. The van der Waals surface area contributed by atoms with Crippen LogP contribution in [0, 0.1) is 11.3 Å². The summed E-state index contributed by atoms with van der Waals surface area (Å²) < 4.78 is 0. The second kappa shape index (κ2) is 6.41. The van der Waals surface area contributed by atoms with Crippen LogP contribution in [0.15, 0.2) is 0 Å². The Morgan fingerprint density at radius 1 is 1.33 bits per heavy atom. The average molecular weight is 256 g/mol. The first-order valence-corrected chi connectivity index (χ1v) is 7.02. The van der Waals surface area contributed by atoms with Crippen LogP contribution in [0.2, 0.25) is 0 Å². The highest BCUT2D eigenvalue weighted by Gasteiger charge is 2.28. The van der Waals surface area contributed by atoms with Crippen LogP contribution in [0.3, 0.4) is 0 Å². The Morgan fingerprint density at radius 2 is 1.94 bits per heavy atom. The molecule has 0 aromatic carbocycles. The van der Waals surface area contributed by atoms with E-state index < -0.39 is 0 Å². The second-order valence-electron chi connectivity index (χ2n) is 6.53. The third kappa shape index (κ3) is 4.48. The fourth-order valence-electron chi connectivity index (χ4n) is 2.32. The number of hydrogen-bond donors (Lipinski definition) is 3. The van der Waals surface area contributed by atoms with E-state index in [9.17, 15) is 4.79 Å². The van der Waals surface area contributed by atoms with Crippen molar-refractivity contribution in [1.29, 1.82) is 0 Å². The fraction of sp³-hybridized carbons (Fsp3) is 0.929. The highest BCUT2D eigenvalue weighted by atomic mass is 16.3. The second-order valence-corrected chi connectivity index (χ2v) is 6.53. The monoisotopic (exact) mass is 256 g/mol. The molecule has 4 heteroatoms. The van der Waals surface area contributed by atoms with Gasteiger partial charge < -0.3 is 15.7 Å². The van der Waals surface area contributed by atoms with Crippen molar-refractivity contribution in [2.24, 2.45) is 11.3 Å². The zero-order chi connectivity index (χ0) is 13.8. The van der Waals surface area contributed by atoms with Crippen LogP contribution in [0.4, 0.5) is 4.79 Å². The average Bonchev–Trinajstić information content (AvgIpc) is 2.12. The van der Waals surface area contributed by atoms with E-state index in [4.69, 9.17) is 5.11 Å². The quantitative estimate of drug-likeness (QED) is 0.706. The number of aliphatic hydroxyl groups is 1. The highest BCUT2D eigenvalue weighted by Crippen LogP contribution is 2.29. The first kappa shape index (κ1) is 15.3. The molecule has 0 aromatic heterocycles. The van der Waals surface area contributed by atoms with Crippen molar-refractivity contribution in [1.82, 2.24) is 10.6 Å². The zero-order valence-electron chi connectivity index (χ0n) is 12.1. The smallest absolute Gasteiger partial charge is 0.315 e. The molecule has 1 aliphatic rings. The summed E-state index contributed by atoms with van der Waals surface area (Å²) in [5.41, 5.74) is -0.0419. The number of rotatable bonds is 5. The highest BCUT2D eigenvalue weighted by molar-refractivity contribution is 5.74. The molecule has 0 saturated heterocycles. The van der Waals surface area contributed by atoms with Gasteiger partial charge in [0.2, 0.25) is 0 Å². The molecule has 1 aliphatic carbocycles. The molecule has 2 atom stereocenters. The summed E-state index contributed by atoms with van der Waals surface area (Å²) in [6, 6.07) is 0.132. The van der Waals surface area contributed by atoms with Crippen LogP contribution >= 0.6 is 0 Å². The molecule has 0 radical (unpaired) electrons. The minimum Gasteiger partial charge on any atom is -0.396 e. The molecule has 3 N–H and O–H groups in total. The molecular weight excluding hydrogens is 228 g/mol. The van der Waals surface area contributed by atoms with Gasteiger partial charge in [0, 0.05) is 18.7 Å².